The van der Waals surface area contributed by atoms with Gasteiger partial charge < -0.3 is 10.2 Å². The van der Waals surface area contributed by atoms with Crippen molar-refractivity contribution in [1.82, 2.24) is 9.88 Å². The lowest BCUT2D eigenvalue weighted by Gasteiger charge is -2.33. The van der Waals surface area contributed by atoms with Gasteiger partial charge in [0.1, 0.15) is 0 Å². The first-order chi connectivity index (χ1) is 10.7. The Morgan fingerprint density at radius 2 is 2.05 bits per heavy atom. The fraction of sp³-hybridized carbons (Fsp3) is 0.294. The Balaban J connectivity index is 1.56. The van der Waals surface area contributed by atoms with Gasteiger partial charge in [0.25, 0.3) is 5.91 Å². The summed E-state index contributed by atoms with van der Waals surface area (Å²) in [7, 11) is 0. The number of halogens is 1. The van der Waals surface area contributed by atoms with Crippen LogP contribution < -0.4 is 5.32 Å². The average molecular weight is 316 g/mol. The first kappa shape index (κ1) is 14.9. The summed E-state index contributed by atoms with van der Waals surface area (Å²) in [5.74, 6) is 0.0577. The van der Waals surface area contributed by atoms with E-state index in [0.717, 1.165) is 31.6 Å². The first-order valence-electron chi connectivity index (χ1n) is 7.44. The molecule has 114 valence electrons. The fourth-order valence-corrected chi connectivity index (χ4v) is 2.91. The number of nitrogens with zero attached hydrogens (tertiary/aromatic N) is 2. The van der Waals surface area contributed by atoms with E-state index in [1.807, 2.05) is 35.4 Å². The highest BCUT2D eigenvalue weighted by Crippen LogP contribution is 2.19. The van der Waals surface area contributed by atoms with Crippen LogP contribution >= 0.6 is 11.6 Å². The fourth-order valence-electron chi connectivity index (χ4n) is 2.71. The molecule has 0 bridgehead atoms. The molecule has 1 aliphatic heterocycles. The largest absolute Gasteiger partial charge is 0.381 e. The molecule has 1 aromatic heterocycles. The molecule has 1 fully saturated rings. The van der Waals surface area contributed by atoms with E-state index < -0.39 is 0 Å². The molecule has 0 aliphatic carbocycles. The minimum atomic E-state index is 0.0577. The number of amides is 1. The molecule has 0 saturated carbocycles. The zero-order valence-corrected chi connectivity index (χ0v) is 13.0. The van der Waals surface area contributed by atoms with E-state index in [9.17, 15) is 4.79 Å². The van der Waals surface area contributed by atoms with E-state index >= 15 is 0 Å². The Morgan fingerprint density at radius 3 is 2.73 bits per heavy atom. The molecule has 0 spiro atoms. The van der Waals surface area contributed by atoms with Crippen molar-refractivity contribution in [2.45, 2.75) is 18.9 Å². The molecule has 2 aromatic rings. The third-order valence-electron chi connectivity index (χ3n) is 3.89. The van der Waals surface area contributed by atoms with E-state index in [1.54, 1.807) is 18.3 Å². The minimum Gasteiger partial charge on any atom is -0.381 e. The number of carbonyl (C=O) groups is 1. The van der Waals surface area contributed by atoms with Gasteiger partial charge in [-0.15, -0.1) is 0 Å². The van der Waals surface area contributed by atoms with Crippen LogP contribution in [0.5, 0.6) is 0 Å². The van der Waals surface area contributed by atoms with Crippen molar-refractivity contribution in [3.8, 4) is 0 Å². The van der Waals surface area contributed by atoms with E-state index in [0.29, 0.717) is 16.6 Å². The van der Waals surface area contributed by atoms with E-state index in [-0.39, 0.29) is 5.91 Å². The zero-order valence-electron chi connectivity index (χ0n) is 12.2. The number of aromatic nitrogens is 1. The highest BCUT2D eigenvalue weighted by molar-refractivity contribution is 6.30. The summed E-state index contributed by atoms with van der Waals surface area (Å²) < 4.78 is 0. The summed E-state index contributed by atoms with van der Waals surface area (Å²) >= 11 is 5.95. The molecule has 1 saturated heterocycles. The molecule has 1 aliphatic rings. The van der Waals surface area contributed by atoms with Crippen molar-refractivity contribution < 1.29 is 4.79 Å². The Hall–Kier alpha value is -2.07. The van der Waals surface area contributed by atoms with Crippen LogP contribution in [0, 0.1) is 0 Å². The second-order valence-electron chi connectivity index (χ2n) is 5.46. The Bertz CT molecular complexity index is 639. The van der Waals surface area contributed by atoms with Crippen LogP contribution in [-0.2, 0) is 0 Å². The van der Waals surface area contributed by atoms with E-state index in [1.165, 1.54) is 0 Å². The molecule has 1 aromatic carbocycles. The highest BCUT2D eigenvalue weighted by Gasteiger charge is 2.23. The molecule has 0 unspecified atom stereocenters. The van der Waals surface area contributed by atoms with Gasteiger partial charge in [-0.2, -0.15) is 0 Å². The minimum absolute atomic E-state index is 0.0577. The Labute approximate surface area is 135 Å². The van der Waals surface area contributed by atoms with Gasteiger partial charge in [-0.05, 0) is 43.2 Å². The summed E-state index contributed by atoms with van der Waals surface area (Å²) in [5.41, 5.74) is 1.69. The van der Waals surface area contributed by atoms with Crippen molar-refractivity contribution in [2.75, 3.05) is 18.4 Å². The van der Waals surface area contributed by atoms with Crippen LogP contribution in [0.15, 0.2) is 48.8 Å². The number of pyridine rings is 1. The predicted molar refractivity (Wildman–Crippen MR) is 88.2 cm³/mol. The van der Waals surface area contributed by atoms with Gasteiger partial charge in [0.05, 0.1) is 5.69 Å². The van der Waals surface area contributed by atoms with Gasteiger partial charge in [-0.1, -0.05) is 17.7 Å². The van der Waals surface area contributed by atoms with Gasteiger partial charge in [0.15, 0.2) is 0 Å². The molecule has 0 radical (unpaired) electrons. The van der Waals surface area contributed by atoms with Crippen LogP contribution in [0.1, 0.15) is 23.2 Å². The van der Waals surface area contributed by atoms with Gasteiger partial charge in [-0.25, -0.2) is 0 Å². The lowest BCUT2D eigenvalue weighted by molar-refractivity contribution is 0.0718. The highest BCUT2D eigenvalue weighted by atomic mass is 35.5. The molecule has 4 nitrogen and oxygen atoms in total. The number of anilines is 1. The van der Waals surface area contributed by atoms with Gasteiger partial charge >= 0.3 is 0 Å². The van der Waals surface area contributed by atoms with Gasteiger partial charge in [0, 0.05) is 42.1 Å². The lowest BCUT2D eigenvalue weighted by atomic mass is 10.0. The van der Waals surface area contributed by atoms with E-state index in [4.69, 9.17) is 11.6 Å². The topological polar surface area (TPSA) is 45.2 Å². The number of hydrogen-bond donors (Lipinski definition) is 1. The van der Waals surface area contributed by atoms with Crippen molar-refractivity contribution >= 4 is 23.2 Å². The van der Waals surface area contributed by atoms with Gasteiger partial charge in [0.2, 0.25) is 0 Å². The number of nitrogens with one attached hydrogen (secondary N) is 1. The van der Waals surface area contributed by atoms with Gasteiger partial charge in [-0.3, -0.25) is 9.78 Å². The maximum atomic E-state index is 12.5. The molecular formula is C17H18ClN3O. The third-order valence-corrected chi connectivity index (χ3v) is 4.12. The van der Waals surface area contributed by atoms with E-state index in [2.05, 4.69) is 10.3 Å². The number of benzene rings is 1. The zero-order chi connectivity index (χ0) is 15.4. The van der Waals surface area contributed by atoms with Crippen molar-refractivity contribution in [3.63, 3.8) is 0 Å². The number of likely N-dealkylation sites (tertiary alicyclic amines) is 1. The maximum absolute atomic E-state index is 12.5. The SMILES string of the molecule is O=C(c1cccc(Cl)c1)N1CCC(Nc2cccnc2)CC1. The summed E-state index contributed by atoms with van der Waals surface area (Å²) in [4.78, 5) is 18.5. The van der Waals surface area contributed by atoms with Crippen molar-refractivity contribution in [3.05, 3.63) is 59.4 Å². The molecule has 0 atom stereocenters. The maximum Gasteiger partial charge on any atom is 0.253 e. The Kier molecular flexibility index (Phi) is 4.59. The predicted octanol–water partition coefficient (Wildman–Crippen LogP) is 3.45. The first-order valence-corrected chi connectivity index (χ1v) is 7.81. The van der Waals surface area contributed by atoms with Crippen molar-refractivity contribution in [2.24, 2.45) is 0 Å². The van der Waals surface area contributed by atoms with Crippen LogP contribution in [0.3, 0.4) is 0 Å². The standard InChI is InChI=1S/C17H18ClN3O/c18-14-4-1-3-13(11-14)17(22)21-9-6-15(7-10-21)20-16-5-2-8-19-12-16/h1-5,8,11-12,15,20H,6-7,9-10H2. The monoisotopic (exact) mass is 315 g/mol. The number of rotatable bonds is 3. The number of hydrogen-bond acceptors (Lipinski definition) is 3. The van der Waals surface area contributed by atoms with Crippen LogP contribution in [0.4, 0.5) is 5.69 Å². The van der Waals surface area contributed by atoms with Crippen LogP contribution in [-0.4, -0.2) is 34.9 Å². The third kappa shape index (κ3) is 3.57. The van der Waals surface area contributed by atoms with Crippen LogP contribution in [0.2, 0.25) is 5.02 Å². The quantitative estimate of drug-likeness (QED) is 0.943. The number of piperidine rings is 1. The number of carbonyl (C=O) groups excluding carboxylic acids is 1. The summed E-state index contributed by atoms with van der Waals surface area (Å²) in [5, 5.41) is 4.06. The summed E-state index contributed by atoms with van der Waals surface area (Å²) in [6.07, 6.45) is 5.45. The molecular weight excluding hydrogens is 298 g/mol. The van der Waals surface area contributed by atoms with Crippen LogP contribution in [0.25, 0.3) is 0 Å². The molecule has 1 N–H and O–H groups in total. The average Bonchev–Trinajstić information content (AvgIpc) is 2.56. The molecule has 2 heterocycles. The Morgan fingerprint density at radius 1 is 1.23 bits per heavy atom. The molecule has 3 rings (SSSR count). The normalized spacial score (nSPS) is 15.6. The molecule has 5 heteroatoms. The molecule has 22 heavy (non-hydrogen) atoms. The second-order valence-corrected chi connectivity index (χ2v) is 5.90. The smallest absolute Gasteiger partial charge is 0.253 e. The second kappa shape index (κ2) is 6.79. The van der Waals surface area contributed by atoms with Crippen molar-refractivity contribution in [1.29, 1.82) is 0 Å². The molecule has 1 amide bonds. The summed E-state index contributed by atoms with van der Waals surface area (Å²) in [6, 6.07) is 11.4. The lowest BCUT2D eigenvalue weighted by Crippen LogP contribution is -2.42. The summed E-state index contributed by atoms with van der Waals surface area (Å²) in [6.45, 7) is 1.51.